The lowest BCUT2D eigenvalue weighted by Crippen LogP contribution is -2.64. The lowest BCUT2D eigenvalue weighted by molar-refractivity contribution is -0.229. The molecule has 0 aliphatic carbocycles. The van der Waals surface area contributed by atoms with E-state index < -0.39 is 12.0 Å². The van der Waals surface area contributed by atoms with E-state index in [1.807, 2.05) is 0 Å². The van der Waals surface area contributed by atoms with Gasteiger partial charge in [-0.15, -0.1) is 0 Å². The third kappa shape index (κ3) is 14.6. The molecule has 0 aromatic carbocycles. The molecular formula is C29H60N2O3. The summed E-state index contributed by atoms with van der Waals surface area (Å²) >= 11 is 0. The van der Waals surface area contributed by atoms with E-state index >= 15 is 0 Å². The van der Waals surface area contributed by atoms with Crippen LogP contribution >= 0.6 is 0 Å². The van der Waals surface area contributed by atoms with Gasteiger partial charge in [-0.25, -0.2) is 4.79 Å². The van der Waals surface area contributed by atoms with Gasteiger partial charge in [0.2, 0.25) is 5.85 Å². The summed E-state index contributed by atoms with van der Waals surface area (Å²) < 4.78 is 5.99. The summed E-state index contributed by atoms with van der Waals surface area (Å²) in [5.41, 5.74) is 0. The SMILES string of the molecule is CCCCCCCCCCCC(OC(=O)O)(N(CCCC)CCCC)N(CCCC)CCCC. The Labute approximate surface area is 213 Å². The quantitative estimate of drug-likeness (QED) is 0.0795. The van der Waals surface area contributed by atoms with Crippen molar-refractivity contribution in [2.24, 2.45) is 0 Å². The highest BCUT2D eigenvalue weighted by atomic mass is 16.7. The monoisotopic (exact) mass is 484 g/mol. The Morgan fingerprint density at radius 2 is 0.882 bits per heavy atom. The molecule has 0 heterocycles. The Hall–Kier alpha value is -0.810. The van der Waals surface area contributed by atoms with Crippen LogP contribution in [0.3, 0.4) is 0 Å². The van der Waals surface area contributed by atoms with Gasteiger partial charge in [0.15, 0.2) is 0 Å². The molecule has 0 radical (unpaired) electrons. The summed E-state index contributed by atoms with van der Waals surface area (Å²) in [7, 11) is 0. The van der Waals surface area contributed by atoms with Gasteiger partial charge in [-0.2, -0.15) is 0 Å². The molecule has 1 N–H and O–H groups in total. The average Bonchev–Trinajstić information content (AvgIpc) is 2.82. The molecule has 204 valence electrons. The van der Waals surface area contributed by atoms with Gasteiger partial charge in [-0.3, -0.25) is 9.80 Å². The van der Waals surface area contributed by atoms with Crippen LogP contribution in [0.2, 0.25) is 0 Å². The van der Waals surface area contributed by atoms with Gasteiger partial charge < -0.3 is 9.84 Å². The van der Waals surface area contributed by atoms with Crippen molar-refractivity contribution in [3.63, 3.8) is 0 Å². The Kier molecular flexibility index (Phi) is 22.1. The maximum atomic E-state index is 12.1. The minimum Gasteiger partial charge on any atom is -0.450 e. The van der Waals surface area contributed by atoms with Crippen LogP contribution in [0.4, 0.5) is 4.79 Å². The normalized spacial score (nSPS) is 12.1. The standard InChI is InChI=1S/C29H60N2O3/c1-6-11-16-17-18-19-20-21-22-23-29(34-28(32)33,30(24-12-7-2)25-13-8-3)31(26-14-9-4)27-15-10-5/h6-27H2,1-5H3,(H,32,33). The fourth-order valence-corrected chi connectivity index (χ4v) is 4.82. The Morgan fingerprint density at radius 1 is 0.559 bits per heavy atom. The number of nitrogens with zero attached hydrogens (tertiary/aromatic N) is 2. The van der Waals surface area contributed by atoms with E-state index in [2.05, 4.69) is 44.4 Å². The lowest BCUT2D eigenvalue weighted by Gasteiger charge is -2.49. The van der Waals surface area contributed by atoms with Crippen LogP contribution in [0.15, 0.2) is 0 Å². The van der Waals surface area contributed by atoms with Gasteiger partial charge in [-0.05, 0) is 32.1 Å². The fraction of sp³-hybridized carbons (Fsp3) is 0.966. The first-order chi connectivity index (χ1) is 16.5. The van der Waals surface area contributed by atoms with E-state index in [0.717, 1.165) is 96.8 Å². The van der Waals surface area contributed by atoms with Crippen LogP contribution in [0.5, 0.6) is 0 Å². The van der Waals surface area contributed by atoms with E-state index in [-0.39, 0.29) is 0 Å². The highest BCUT2D eigenvalue weighted by molar-refractivity contribution is 5.57. The predicted molar refractivity (Wildman–Crippen MR) is 146 cm³/mol. The molecule has 0 fully saturated rings. The molecule has 5 nitrogen and oxygen atoms in total. The molecule has 0 aromatic heterocycles. The number of hydrogen-bond donors (Lipinski definition) is 1. The highest BCUT2D eigenvalue weighted by Gasteiger charge is 2.45. The number of carbonyl (C=O) groups is 1. The third-order valence-electron chi connectivity index (χ3n) is 6.97. The summed E-state index contributed by atoms with van der Waals surface area (Å²) in [5.74, 6) is -0.832. The fourth-order valence-electron chi connectivity index (χ4n) is 4.82. The number of carboxylic acid groups (broad SMARTS) is 1. The average molecular weight is 485 g/mol. The van der Waals surface area contributed by atoms with E-state index in [1.54, 1.807) is 0 Å². The molecule has 0 spiro atoms. The molecule has 0 atom stereocenters. The zero-order valence-electron chi connectivity index (χ0n) is 23.7. The Balaban J connectivity index is 5.59. The summed E-state index contributed by atoms with van der Waals surface area (Å²) in [6.45, 7) is 14.7. The molecule has 0 amide bonds. The molecule has 0 unspecified atom stereocenters. The molecular weight excluding hydrogens is 424 g/mol. The van der Waals surface area contributed by atoms with Crippen molar-refractivity contribution in [1.82, 2.24) is 9.80 Å². The third-order valence-corrected chi connectivity index (χ3v) is 6.97. The van der Waals surface area contributed by atoms with Crippen LogP contribution in [0, 0.1) is 0 Å². The van der Waals surface area contributed by atoms with Crippen molar-refractivity contribution in [1.29, 1.82) is 0 Å². The van der Waals surface area contributed by atoms with Crippen molar-refractivity contribution < 1.29 is 14.6 Å². The van der Waals surface area contributed by atoms with Crippen LogP contribution in [0.1, 0.15) is 150 Å². The van der Waals surface area contributed by atoms with Crippen molar-refractivity contribution >= 4 is 6.16 Å². The number of hydrogen-bond acceptors (Lipinski definition) is 4. The van der Waals surface area contributed by atoms with Gasteiger partial charge in [0.1, 0.15) is 0 Å². The number of ether oxygens (including phenoxy) is 1. The van der Waals surface area contributed by atoms with Gasteiger partial charge >= 0.3 is 6.16 Å². The second-order valence-electron chi connectivity index (χ2n) is 10.1. The summed E-state index contributed by atoms with van der Waals surface area (Å²) in [4.78, 5) is 16.9. The number of rotatable bonds is 25. The molecule has 0 rings (SSSR count). The minimum absolute atomic E-state index is 0.774. The maximum Gasteiger partial charge on any atom is 0.508 e. The summed E-state index contributed by atoms with van der Waals surface area (Å²) in [6, 6.07) is 0. The van der Waals surface area contributed by atoms with Crippen LogP contribution in [-0.2, 0) is 4.74 Å². The van der Waals surface area contributed by atoms with Crippen LogP contribution < -0.4 is 0 Å². The van der Waals surface area contributed by atoms with E-state index in [1.165, 1.54) is 44.9 Å². The molecule has 0 aromatic rings. The first-order valence-electron chi connectivity index (χ1n) is 14.9. The first kappa shape index (κ1) is 33.2. The van der Waals surface area contributed by atoms with Gasteiger partial charge in [0, 0.05) is 32.6 Å². The van der Waals surface area contributed by atoms with Gasteiger partial charge in [0.05, 0.1) is 0 Å². The highest BCUT2D eigenvalue weighted by Crippen LogP contribution is 2.32. The molecule has 0 aliphatic heterocycles. The predicted octanol–water partition coefficient (Wildman–Crippen LogP) is 9.06. The van der Waals surface area contributed by atoms with Crippen molar-refractivity contribution in [3.8, 4) is 0 Å². The topological polar surface area (TPSA) is 53.0 Å². The molecule has 0 saturated heterocycles. The van der Waals surface area contributed by atoms with Gasteiger partial charge in [-0.1, -0.05) is 112 Å². The second-order valence-corrected chi connectivity index (χ2v) is 10.1. The maximum absolute atomic E-state index is 12.1. The molecule has 0 aliphatic rings. The summed E-state index contributed by atoms with van der Waals surface area (Å²) in [5, 5.41) is 9.92. The minimum atomic E-state index is -1.13. The van der Waals surface area contributed by atoms with E-state index in [0.29, 0.717) is 0 Å². The molecule has 34 heavy (non-hydrogen) atoms. The van der Waals surface area contributed by atoms with Crippen molar-refractivity contribution in [2.75, 3.05) is 26.2 Å². The largest absolute Gasteiger partial charge is 0.508 e. The van der Waals surface area contributed by atoms with Crippen molar-refractivity contribution in [3.05, 3.63) is 0 Å². The van der Waals surface area contributed by atoms with E-state index in [9.17, 15) is 9.90 Å². The molecule has 0 saturated carbocycles. The Bertz CT molecular complexity index is 423. The molecule has 5 heteroatoms. The second kappa shape index (κ2) is 22.6. The Morgan fingerprint density at radius 3 is 1.21 bits per heavy atom. The number of unbranched alkanes of at least 4 members (excludes halogenated alkanes) is 12. The van der Waals surface area contributed by atoms with Gasteiger partial charge in [0.25, 0.3) is 0 Å². The van der Waals surface area contributed by atoms with Crippen LogP contribution in [0.25, 0.3) is 0 Å². The first-order valence-corrected chi connectivity index (χ1v) is 14.9. The van der Waals surface area contributed by atoms with E-state index in [4.69, 9.17) is 4.74 Å². The lowest BCUT2D eigenvalue weighted by atomic mass is 10.0. The zero-order chi connectivity index (χ0) is 25.5. The van der Waals surface area contributed by atoms with Crippen molar-refractivity contribution in [2.45, 2.75) is 156 Å². The molecule has 0 bridgehead atoms. The zero-order valence-corrected chi connectivity index (χ0v) is 23.7. The summed E-state index contributed by atoms with van der Waals surface area (Å²) in [6.07, 6.45) is 19.7. The smallest absolute Gasteiger partial charge is 0.450 e. The van der Waals surface area contributed by atoms with Crippen LogP contribution in [-0.4, -0.2) is 53.1 Å².